The third-order valence-corrected chi connectivity index (χ3v) is 4.93. The quantitative estimate of drug-likeness (QED) is 0.796. The molecule has 0 spiro atoms. The Hall–Kier alpha value is -2.53. The van der Waals surface area contributed by atoms with Crippen molar-refractivity contribution in [3.63, 3.8) is 0 Å². The van der Waals surface area contributed by atoms with Gasteiger partial charge in [0.15, 0.2) is 0 Å². The number of aromatic nitrogens is 2. The molecule has 1 aliphatic heterocycles. The SMILES string of the molecule is OC1(Cc2ccccc2F)CCN(c2ncc3ccccc3n2)CC1. The molecule has 25 heavy (non-hydrogen) atoms. The van der Waals surface area contributed by atoms with Crippen molar-refractivity contribution in [1.82, 2.24) is 9.97 Å². The topological polar surface area (TPSA) is 49.2 Å². The Labute approximate surface area is 146 Å². The average Bonchev–Trinajstić information content (AvgIpc) is 2.64. The van der Waals surface area contributed by atoms with Gasteiger partial charge in [-0.1, -0.05) is 36.4 Å². The fourth-order valence-electron chi connectivity index (χ4n) is 3.41. The van der Waals surface area contributed by atoms with Gasteiger partial charge in [0.2, 0.25) is 5.95 Å². The number of para-hydroxylation sites is 1. The van der Waals surface area contributed by atoms with Crippen LogP contribution in [0.15, 0.2) is 54.7 Å². The summed E-state index contributed by atoms with van der Waals surface area (Å²) in [4.78, 5) is 11.2. The summed E-state index contributed by atoms with van der Waals surface area (Å²) < 4.78 is 13.9. The van der Waals surface area contributed by atoms with E-state index in [-0.39, 0.29) is 5.82 Å². The van der Waals surface area contributed by atoms with Gasteiger partial charge in [0, 0.05) is 31.1 Å². The molecule has 4 rings (SSSR count). The van der Waals surface area contributed by atoms with Crippen molar-refractivity contribution < 1.29 is 9.50 Å². The number of anilines is 1. The number of hydrogen-bond acceptors (Lipinski definition) is 4. The predicted molar refractivity (Wildman–Crippen MR) is 96.0 cm³/mol. The van der Waals surface area contributed by atoms with E-state index in [9.17, 15) is 9.50 Å². The summed E-state index contributed by atoms with van der Waals surface area (Å²) in [6, 6.07) is 14.5. The third kappa shape index (κ3) is 3.33. The van der Waals surface area contributed by atoms with Crippen molar-refractivity contribution in [1.29, 1.82) is 0 Å². The van der Waals surface area contributed by atoms with Crippen LogP contribution in [0.1, 0.15) is 18.4 Å². The van der Waals surface area contributed by atoms with Gasteiger partial charge in [-0.2, -0.15) is 0 Å². The van der Waals surface area contributed by atoms with Crippen molar-refractivity contribution in [2.24, 2.45) is 0 Å². The van der Waals surface area contributed by atoms with Gasteiger partial charge in [0.1, 0.15) is 5.82 Å². The van der Waals surface area contributed by atoms with Gasteiger partial charge < -0.3 is 10.0 Å². The highest BCUT2D eigenvalue weighted by Crippen LogP contribution is 2.29. The van der Waals surface area contributed by atoms with Gasteiger partial charge in [-0.25, -0.2) is 14.4 Å². The van der Waals surface area contributed by atoms with Crippen LogP contribution in [-0.2, 0) is 6.42 Å². The van der Waals surface area contributed by atoms with Crippen LogP contribution in [0.2, 0.25) is 0 Å². The first-order valence-electron chi connectivity index (χ1n) is 8.56. The third-order valence-electron chi connectivity index (χ3n) is 4.93. The van der Waals surface area contributed by atoms with Crippen LogP contribution in [0.4, 0.5) is 10.3 Å². The molecule has 0 atom stereocenters. The molecule has 2 aromatic carbocycles. The highest BCUT2D eigenvalue weighted by molar-refractivity contribution is 5.78. The second-order valence-corrected chi connectivity index (χ2v) is 6.71. The highest BCUT2D eigenvalue weighted by atomic mass is 19.1. The second kappa shape index (κ2) is 6.41. The van der Waals surface area contributed by atoms with Crippen LogP contribution in [0.5, 0.6) is 0 Å². The van der Waals surface area contributed by atoms with E-state index in [0.29, 0.717) is 43.9 Å². The minimum absolute atomic E-state index is 0.254. The van der Waals surface area contributed by atoms with Crippen LogP contribution in [-0.4, -0.2) is 33.8 Å². The zero-order chi connectivity index (χ0) is 17.3. The second-order valence-electron chi connectivity index (χ2n) is 6.71. The first-order valence-corrected chi connectivity index (χ1v) is 8.56. The number of aliphatic hydroxyl groups is 1. The van der Waals surface area contributed by atoms with E-state index in [4.69, 9.17) is 0 Å². The fraction of sp³-hybridized carbons (Fsp3) is 0.300. The van der Waals surface area contributed by atoms with Crippen molar-refractivity contribution in [3.8, 4) is 0 Å². The molecule has 1 aliphatic rings. The zero-order valence-corrected chi connectivity index (χ0v) is 13.9. The standard InChI is InChI=1S/C20H20FN3O/c21-17-7-3-1-5-15(17)13-20(25)9-11-24(12-10-20)19-22-14-16-6-2-4-8-18(16)23-19/h1-8,14,25H,9-13H2. The number of fused-ring (bicyclic) bond motifs is 1. The molecule has 0 radical (unpaired) electrons. The van der Waals surface area contributed by atoms with Crippen molar-refractivity contribution in [2.45, 2.75) is 24.9 Å². The maximum absolute atomic E-state index is 13.9. The zero-order valence-electron chi connectivity index (χ0n) is 13.9. The number of piperidine rings is 1. The predicted octanol–water partition coefficient (Wildman–Crippen LogP) is 3.34. The maximum atomic E-state index is 13.9. The van der Waals surface area contributed by atoms with E-state index in [2.05, 4.69) is 14.9 Å². The molecule has 1 saturated heterocycles. The molecule has 0 unspecified atom stereocenters. The molecule has 5 heteroatoms. The smallest absolute Gasteiger partial charge is 0.225 e. The lowest BCUT2D eigenvalue weighted by Gasteiger charge is -2.38. The molecule has 2 heterocycles. The Morgan fingerprint density at radius 1 is 1.04 bits per heavy atom. The van der Waals surface area contributed by atoms with E-state index in [1.807, 2.05) is 30.5 Å². The molecule has 0 aliphatic carbocycles. The summed E-state index contributed by atoms with van der Waals surface area (Å²) in [5.74, 6) is 0.433. The molecule has 4 nitrogen and oxygen atoms in total. The molecule has 1 aromatic heterocycles. The minimum Gasteiger partial charge on any atom is -0.389 e. The molecular formula is C20H20FN3O. The first kappa shape index (κ1) is 16.0. The molecular weight excluding hydrogens is 317 g/mol. The molecule has 0 bridgehead atoms. The Morgan fingerprint density at radius 2 is 1.76 bits per heavy atom. The number of nitrogens with zero attached hydrogens (tertiary/aromatic N) is 3. The lowest BCUT2D eigenvalue weighted by Crippen LogP contribution is -2.46. The number of hydrogen-bond donors (Lipinski definition) is 1. The van der Waals surface area contributed by atoms with E-state index < -0.39 is 5.60 Å². The summed E-state index contributed by atoms with van der Waals surface area (Å²) in [5, 5.41) is 11.9. The van der Waals surface area contributed by atoms with Gasteiger partial charge in [-0.05, 0) is 30.5 Å². The molecule has 1 N–H and O–H groups in total. The van der Waals surface area contributed by atoms with Gasteiger partial charge >= 0.3 is 0 Å². The van der Waals surface area contributed by atoms with E-state index in [1.165, 1.54) is 6.07 Å². The lowest BCUT2D eigenvalue weighted by atomic mass is 9.85. The van der Waals surface area contributed by atoms with Crippen LogP contribution >= 0.6 is 0 Å². The van der Waals surface area contributed by atoms with Crippen LogP contribution in [0.25, 0.3) is 10.9 Å². The Morgan fingerprint density at radius 3 is 2.56 bits per heavy atom. The number of rotatable bonds is 3. The minimum atomic E-state index is -0.879. The van der Waals surface area contributed by atoms with E-state index >= 15 is 0 Å². The lowest BCUT2D eigenvalue weighted by molar-refractivity contribution is 0.0156. The van der Waals surface area contributed by atoms with Crippen LogP contribution in [0, 0.1) is 5.82 Å². The van der Waals surface area contributed by atoms with Crippen molar-refractivity contribution >= 4 is 16.9 Å². The Balaban J connectivity index is 1.47. The summed E-state index contributed by atoms with van der Waals surface area (Å²) in [5.41, 5.74) is 0.607. The largest absolute Gasteiger partial charge is 0.389 e. The van der Waals surface area contributed by atoms with Gasteiger partial charge in [-0.3, -0.25) is 0 Å². The normalized spacial score (nSPS) is 17.0. The summed E-state index contributed by atoms with van der Waals surface area (Å²) in [6.07, 6.45) is 3.30. The van der Waals surface area contributed by atoms with E-state index in [1.54, 1.807) is 18.2 Å². The summed E-state index contributed by atoms with van der Waals surface area (Å²) >= 11 is 0. The maximum Gasteiger partial charge on any atom is 0.225 e. The molecule has 128 valence electrons. The fourth-order valence-corrected chi connectivity index (χ4v) is 3.41. The van der Waals surface area contributed by atoms with Gasteiger partial charge in [0.05, 0.1) is 11.1 Å². The van der Waals surface area contributed by atoms with E-state index in [0.717, 1.165) is 10.9 Å². The number of benzene rings is 2. The van der Waals surface area contributed by atoms with Crippen LogP contribution in [0.3, 0.4) is 0 Å². The van der Waals surface area contributed by atoms with Gasteiger partial charge in [-0.15, -0.1) is 0 Å². The number of halogens is 1. The first-order chi connectivity index (χ1) is 12.1. The monoisotopic (exact) mass is 337 g/mol. The molecule has 0 saturated carbocycles. The molecule has 1 fully saturated rings. The highest BCUT2D eigenvalue weighted by Gasteiger charge is 2.33. The molecule has 3 aromatic rings. The summed E-state index contributed by atoms with van der Waals surface area (Å²) in [7, 11) is 0. The average molecular weight is 337 g/mol. The van der Waals surface area contributed by atoms with Crippen molar-refractivity contribution in [2.75, 3.05) is 18.0 Å². The Kier molecular flexibility index (Phi) is 4.09. The Bertz CT molecular complexity index is 891. The van der Waals surface area contributed by atoms with Crippen molar-refractivity contribution in [3.05, 3.63) is 66.1 Å². The van der Waals surface area contributed by atoms with Gasteiger partial charge in [0.25, 0.3) is 0 Å². The molecule has 0 amide bonds. The van der Waals surface area contributed by atoms with Crippen LogP contribution < -0.4 is 4.90 Å². The summed E-state index contributed by atoms with van der Waals surface area (Å²) in [6.45, 7) is 1.31.